The molecule has 2 aliphatic rings. The smallest absolute Gasteiger partial charge is 0.227 e. The highest BCUT2D eigenvalue weighted by molar-refractivity contribution is 6.20. The lowest BCUT2D eigenvalue weighted by Gasteiger charge is -2.28. The maximum Gasteiger partial charge on any atom is 0.227 e. The van der Waals surface area contributed by atoms with Crippen LogP contribution in [0.1, 0.15) is 43.6 Å². The molecule has 1 amide bonds. The van der Waals surface area contributed by atoms with Crippen LogP contribution >= 0.6 is 11.6 Å². The average molecular weight is 308 g/mol. The van der Waals surface area contributed by atoms with Crippen molar-refractivity contribution in [3.05, 3.63) is 29.8 Å². The predicted molar refractivity (Wildman–Crippen MR) is 83.9 cm³/mol. The highest BCUT2D eigenvalue weighted by Crippen LogP contribution is 2.33. The third-order valence-corrected chi connectivity index (χ3v) is 5.05. The molecule has 21 heavy (non-hydrogen) atoms. The van der Waals surface area contributed by atoms with Gasteiger partial charge in [-0.2, -0.15) is 0 Å². The molecule has 0 bridgehead atoms. The number of nitrogens with one attached hydrogen (secondary N) is 1. The van der Waals surface area contributed by atoms with Gasteiger partial charge in [0.25, 0.3) is 0 Å². The van der Waals surface area contributed by atoms with Crippen LogP contribution in [0, 0.1) is 5.92 Å². The first-order valence-corrected chi connectivity index (χ1v) is 8.31. The molecular formula is C17H22ClNO2. The van der Waals surface area contributed by atoms with Crippen LogP contribution in [0.3, 0.4) is 0 Å². The number of para-hydroxylation sites is 1. The maximum absolute atomic E-state index is 12.5. The number of benzene rings is 1. The standard InChI is InChI=1S/C17H22ClNO2/c18-13-7-5-12(6-8-13)11-19-17(20)15-9-10-21-16-4-2-1-3-14(15)16/h1-4,12-13,15H,5-11H2,(H,19,20). The number of fused-ring (bicyclic) bond motifs is 1. The van der Waals surface area contributed by atoms with Crippen molar-refractivity contribution in [3.63, 3.8) is 0 Å². The van der Waals surface area contributed by atoms with E-state index in [0.717, 1.165) is 50.0 Å². The highest BCUT2D eigenvalue weighted by atomic mass is 35.5. The quantitative estimate of drug-likeness (QED) is 0.868. The minimum absolute atomic E-state index is 0.0701. The summed E-state index contributed by atoms with van der Waals surface area (Å²) in [6.07, 6.45) is 5.15. The molecule has 0 saturated heterocycles. The molecule has 1 aromatic carbocycles. The fraction of sp³-hybridized carbons (Fsp3) is 0.588. The van der Waals surface area contributed by atoms with Gasteiger partial charge in [-0.05, 0) is 44.1 Å². The number of amides is 1. The molecule has 1 aliphatic heterocycles. The Morgan fingerprint density at radius 2 is 1.95 bits per heavy atom. The molecule has 1 fully saturated rings. The zero-order valence-electron chi connectivity index (χ0n) is 12.2. The maximum atomic E-state index is 12.5. The topological polar surface area (TPSA) is 38.3 Å². The van der Waals surface area contributed by atoms with E-state index in [1.54, 1.807) is 0 Å². The van der Waals surface area contributed by atoms with Crippen molar-refractivity contribution in [2.75, 3.05) is 13.2 Å². The normalized spacial score (nSPS) is 28.3. The van der Waals surface area contributed by atoms with E-state index in [-0.39, 0.29) is 11.8 Å². The number of halogens is 1. The zero-order valence-corrected chi connectivity index (χ0v) is 12.9. The average Bonchev–Trinajstić information content (AvgIpc) is 2.53. The van der Waals surface area contributed by atoms with E-state index < -0.39 is 0 Å². The van der Waals surface area contributed by atoms with Crippen molar-refractivity contribution in [2.24, 2.45) is 5.92 Å². The van der Waals surface area contributed by atoms with Gasteiger partial charge in [0.05, 0.1) is 12.5 Å². The number of hydrogen-bond donors (Lipinski definition) is 1. The van der Waals surface area contributed by atoms with E-state index in [1.165, 1.54) is 0 Å². The SMILES string of the molecule is O=C(NCC1CCC(Cl)CC1)C1CCOc2ccccc21. The molecule has 3 nitrogen and oxygen atoms in total. The Bertz CT molecular complexity index is 497. The van der Waals surface area contributed by atoms with Crippen molar-refractivity contribution in [3.8, 4) is 5.75 Å². The molecule has 3 rings (SSSR count). The monoisotopic (exact) mass is 307 g/mol. The minimum Gasteiger partial charge on any atom is -0.493 e. The summed E-state index contributed by atoms with van der Waals surface area (Å²) in [5, 5.41) is 3.47. The largest absolute Gasteiger partial charge is 0.493 e. The number of carbonyl (C=O) groups excluding carboxylic acids is 1. The van der Waals surface area contributed by atoms with Gasteiger partial charge < -0.3 is 10.1 Å². The van der Waals surface area contributed by atoms with Crippen LogP contribution in [0.25, 0.3) is 0 Å². The first-order chi connectivity index (χ1) is 10.2. The van der Waals surface area contributed by atoms with E-state index in [0.29, 0.717) is 17.9 Å². The van der Waals surface area contributed by atoms with Crippen LogP contribution < -0.4 is 10.1 Å². The fourth-order valence-electron chi connectivity index (χ4n) is 3.31. The molecule has 0 radical (unpaired) electrons. The van der Waals surface area contributed by atoms with Gasteiger partial charge in [0.1, 0.15) is 5.75 Å². The molecule has 1 aromatic rings. The van der Waals surface area contributed by atoms with Gasteiger partial charge in [0.15, 0.2) is 0 Å². The number of hydrogen-bond acceptors (Lipinski definition) is 2. The van der Waals surface area contributed by atoms with Crippen LogP contribution in [0.2, 0.25) is 0 Å². The number of carbonyl (C=O) groups is 1. The lowest BCUT2D eigenvalue weighted by Crippen LogP contribution is -2.36. The van der Waals surface area contributed by atoms with Crippen molar-refractivity contribution in [1.29, 1.82) is 0 Å². The Balaban J connectivity index is 1.57. The van der Waals surface area contributed by atoms with Gasteiger partial charge in [0, 0.05) is 17.5 Å². The molecule has 114 valence electrons. The summed E-state index contributed by atoms with van der Waals surface area (Å²) >= 11 is 6.12. The van der Waals surface area contributed by atoms with Crippen LogP contribution in [0.15, 0.2) is 24.3 Å². The minimum atomic E-state index is -0.0701. The number of ether oxygens (including phenoxy) is 1. The first-order valence-electron chi connectivity index (χ1n) is 7.87. The third kappa shape index (κ3) is 3.52. The summed E-state index contributed by atoms with van der Waals surface area (Å²) in [5.74, 6) is 1.50. The van der Waals surface area contributed by atoms with Crippen LogP contribution in [0.5, 0.6) is 5.75 Å². The van der Waals surface area contributed by atoms with E-state index in [4.69, 9.17) is 16.3 Å². The second-order valence-corrected chi connectivity index (χ2v) is 6.71. The van der Waals surface area contributed by atoms with E-state index >= 15 is 0 Å². The molecule has 1 heterocycles. The summed E-state index contributed by atoms with van der Waals surface area (Å²) in [5.41, 5.74) is 1.02. The summed E-state index contributed by atoms with van der Waals surface area (Å²) in [6.45, 7) is 1.40. The van der Waals surface area contributed by atoms with E-state index in [1.807, 2.05) is 24.3 Å². The summed E-state index contributed by atoms with van der Waals surface area (Å²) in [6, 6.07) is 7.85. The number of rotatable bonds is 3. The van der Waals surface area contributed by atoms with Gasteiger partial charge in [-0.3, -0.25) is 4.79 Å². The van der Waals surface area contributed by atoms with Gasteiger partial charge in [-0.1, -0.05) is 18.2 Å². The third-order valence-electron chi connectivity index (χ3n) is 4.62. The van der Waals surface area contributed by atoms with Crippen LogP contribution in [-0.2, 0) is 4.79 Å². The molecule has 0 aromatic heterocycles. The van der Waals surface area contributed by atoms with Gasteiger partial charge in [-0.15, -0.1) is 11.6 Å². The second kappa shape index (κ2) is 6.69. The summed E-state index contributed by atoms with van der Waals surface area (Å²) in [4.78, 5) is 12.5. The van der Waals surface area contributed by atoms with Crippen LogP contribution in [0.4, 0.5) is 0 Å². The van der Waals surface area contributed by atoms with Crippen molar-refractivity contribution in [1.82, 2.24) is 5.32 Å². The first kappa shape index (κ1) is 14.7. The van der Waals surface area contributed by atoms with Gasteiger partial charge >= 0.3 is 0 Å². The Labute approximate surface area is 131 Å². The van der Waals surface area contributed by atoms with Crippen molar-refractivity contribution >= 4 is 17.5 Å². The summed E-state index contributed by atoms with van der Waals surface area (Å²) in [7, 11) is 0. The molecule has 1 N–H and O–H groups in total. The van der Waals surface area contributed by atoms with Gasteiger partial charge in [0.2, 0.25) is 5.91 Å². The lowest BCUT2D eigenvalue weighted by atomic mass is 9.88. The Kier molecular flexibility index (Phi) is 4.69. The molecule has 1 atom stereocenters. The summed E-state index contributed by atoms with van der Waals surface area (Å²) < 4.78 is 5.62. The molecule has 1 aliphatic carbocycles. The molecular weight excluding hydrogens is 286 g/mol. The Morgan fingerprint density at radius 3 is 2.76 bits per heavy atom. The molecule has 0 spiro atoms. The lowest BCUT2D eigenvalue weighted by molar-refractivity contribution is -0.123. The van der Waals surface area contributed by atoms with Crippen molar-refractivity contribution in [2.45, 2.75) is 43.4 Å². The second-order valence-electron chi connectivity index (χ2n) is 6.09. The zero-order chi connectivity index (χ0) is 14.7. The molecule has 4 heteroatoms. The van der Waals surface area contributed by atoms with Gasteiger partial charge in [-0.25, -0.2) is 0 Å². The highest BCUT2D eigenvalue weighted by Gasteiger charge is 2.28. The molecule has 1 unspecified atom stereocenters. The number of alkyl halides is 1. The molecule has 1 saturated carbocycles. The van der Waals surface area contributed by atoms with E-state index in [9.17, 15) is 4.79 Å². The Morgan fingerprint density at radius 1 is 1.19 bits per heavy atom. The van der Waals surface area contributed by atoms with Crippen LogP contribution in [-0.4, -0.2) is 24.4 Å². The Hall–Kier alpha value is -1.22. The van der Waals surface area contributed by atoms with E-state index in [2.05, 4.69) is 5.32 Å². The fourth-order valence-corrected chi connectivity index (χ4v) is 3.56. The predicted octanol–water partition coefficient (Wildman–Crippen LogP) is 3.47. The van der Waals surface area contributed by atoms with Crippen molar-refractivity contribution < 1.29 is 9.53 Å².